The number of hydrogen-bond acceptors (Lipinski definition) is 2. The second-order valence-corrected chi connectivity index (χ2v) is 5.00. The third-order valence-corrected chi connectivity index (χ3v) is 3.15. The van der Waals surface area contributed by atoms with E-state index < -0.39 is 5.54 Å². The van der Waals surface area contributed by atoms with Crippen LogP contribution in [0.1, 0.15) is 23.9 Å². The number of halogens is 1. The molecule has 1 heterocycles. The van der Waals surface area contributed by atoms with E-state index in [9.17, 15) is 4.39 Å². The Morgan fingerprint density at radius 1 is 1.33 bits per heavy atom. The molecule has 0 aliphatic carbocycles. The number of nitrogens with zero attached hydrogens (tertiary/aromatic N) is 2. The van der Waals surface area contributed by atoms with Crippen LogP contribution in [0.25, 0.3) is 0 Å². The fourth-order valence-electron chi connectivity index (χ4n) is 2.14. The number of hydrogen-bond donors (Lipinski definition) is 1. The first-order chi connectivity index (χ1) is 8.38. The molecule has 4 heteroatoms. The van der Waals surface area contributed by atoms with Gasteiger partial charge in [-0.3, -0.25) is 4.68 Å². The van der Waals surface area contributed by atoms with Crippen molar-refractivity contribution in [1.29, 1.82) is 0 Å². The highest BCUT2D eigenvalue weighted by Gasteiger charge is 2.23. The Hall–Kier alpha value is -1.68. The van der Waals surface area contributed by atoms with E-state index in [1.54, 1.807) is 12.1 Å². The van der Waals surface area contributed by atoms with E-state index in [1.165, 1.54) is 12.1 Å². The second-order valence-electron chi connectivity index (χ2n) is 5.00. The lowest BCUT2D eigenvalue weighted by Gasteiger charge is -2.25. The van der Waals surface area contributed by atoms with Gasteiger partial charge in [-0.2, -0.15) is 5.10 Å². The molecule has 0 saturated carbocycles. The Morgan fingerprint density at radius 3 is 2.44 bits per heavy atom. The summed E-state index contributed by atoms with van der Waals surface area (Å²) in [7, 11) is 1.91. The lowest BCUT2D eigenvalue weighted by Crippen LogP contribution is -2.36. The van der Waals surface area contributed by atoms with Crippen molar-refractivity contribution in [3.8, 4) is 0 Å². The van der Waals surface area contributed by atoms with Gasteiger partial charge >= 0.3 is 0 Å². The fourth-order valence-corrected chi connectivity index (χ4v) is 2.14. The van der Waals surface area contributed by atoms with E-state index in [-0.39, 0.29) is 5.82 Å². The van der Waals surface area contributed by atoms with Crippen LogP contribution in [0.15, 0.2) is 30.3 Å². The highest BCUT2D eigenvalue weighted by atomic mass is 19.1. The molecule has 1 atom stereocenters. The Balaban J connectivity index is 2.26. The highest BCUT2D eigenvalue weighted by molar-refractivity contribution is 5.26. The summed E-state index contributed by atoms with van der Waals surface area (Å²) in [6, 6.07) is 8.37. The maximum absolute atomic E-state index is 12.9. The minimum Gasteiger partial charge on any atom is -0.321 e. The largest absolute Gasteiger partial charge is 0.321 e. The molecule has 0 saturated heterocycles. The second kappa shape index (κ2) is 4.53. The number of benzene rings is 1. The lowest BCUT2D eigenvalue weighted by molar-refractivity contribution is 0.471. The summed E-state index contributed by atoms with van der Waals surface area (Å²) in [5.74, 6) is -0.245. The van der Waals surface area contributed by atoms with Gasteiger partial charge in [-0.05, 0) is 37.6 Å². The first-order valence-electron chi connectivity index (χ1n) is 5.93. The summed E-state index contributed by atoms with van der Waals surface area (Å²) < 4.78 is 14.8. The van der Waals surface area contributed by atoms with Crippen LogP contribution in [-0.2, 0) is 19.0 Å². The highest BCUT2D eigenvalue weighted by Crippen LogP contribution is 2.23. The molecule has 0 aliphatic rings. The van der Waals surface area contributed by atoms with Crippen LogP contribution >= 0.6 is 0 Å². The van der Waals surface area contributed by atoms with E-state index in [4.69, 9.17) is 5.73 Å². The summed E-state index contributed by atoms with van der Waals surface area (Å²) >= 11 is 0. The maximum Gasteiger partial charge on any atom is 0.123 e. The van der Waals surface area contributed by atoms with Crippen molar-refractivity contribution in [3.05, 3.63) is 53.1 Å². The zero-order valence-electron chi connectivity index (χ0n) is 10.9. The molecule has 0 radical (unpaired) electrons. The molecule has 3 nitrogen and oxygen atoms in total. The predicted octanol–water partition coefficient (Wildman–Crippen LogP) is 2.28. The Kier molecular flexibility index (Phi) is 3.22. The Labute approximate surface area is 106 Å². The molecule has 18 heavy (non-hydrogen) atoms. The Morgan fingerprint density at radius 2 is 1.94 bits per heavy atom. The topological polar surface area (TPSA) is 43.8 Å². The van der Waals surface area contributed by atoms with Gasteiger partial charge in [0.2, 0.25) is 0 Å². The number of nitrogens with two attached hydrogens (primary N) is 1. The standard InChI is InChI=1S/C14H18FN3/c1-10-8-13(18(3)17-10)9-14(2,16)11-4-6-12(15)7-5-11/h4-8H,9,16H2,1-3H3. The van der Waals surface area contributed by atoms with E-state index >= 15 is 0 Å². The molecule has 2 N–H and O–H groups in total. The van der Waals surface area contributed by atoms with Crippen LogP contribution < -0.4 is 5.73 Å². The molecular formula is C14H18FN3. The first-order valence-corrected chi connectivity index (χ1v) is 5.93. The molecule has 1 aromatic heterocycles. The maximum atomic E-state index is 12.9. The third kappa shape index (κ3) is 2.59. The van der Waals surface area contributed by atoms with Crippen LogP contribution in [0.5, 0.6) is 0 Å². The summed E-state index contributed by atoms with van der Waals surface area (Å²) in [4.78, 5) is 0. The quantitative estimate of drug-likeness (QED) is 0.904. The third-order valence-electron chi connectivity index (χ3n) is 3.15. The number of aromatic nitrogens is 2. The van der Waals surface area contributed by atoms with Crippen LogP contribution in [0, 0.1) is 12.7 Å². The minimum atomic E-state index is -0.534. The van der Waals surface area contributed by atoms with Crippen molar-refractivity contribution in [2.45, 2.75) is 25.8 Å². The molecule has 96 valence electrons. The molecule has 0 amide bonds. The SMILES string of the molecule is Cc1cc(CC(C)(N)c2ccc(F)cc2)n(C)n1. The van der Waals surface area contributed by atoms with Gasteiger partial charge in [-0.25, -0.2) is 4.39 Å². The number of aryl methyl sites for hydroxylation is 2. The molecular weight excluding hydrogens is 229 g/mol. The van der Waals surface area contributed by atoms with Crippen molar-refractivity contribution in [2.75, 3.05) is 0 Å². The van der Waals surface area contributed by atoms with Crippen LogP contribution in [0.4, 0.5) is 4.39 Å². The zero-order chi connectivity index (χ0) is 13.3. The van der Waals surface area contributed by atoms with Crippen molar-refractivity contribution in [1.82, 2.24) is 9.78 Å². The summed E-state index contributed by atoms with van der Waals surface area (Å²) in [6.07, 6.45) is 0.663. The van der Waals surface area contributed by atoms with E-state index in [0.717, 1.165) is 17.0 Å². The molecule has 2 rings (SSSR count). The zero-order valence-corrected chi connectivity index (χ0v) is 10.9. The molecule has 0 spiro atoms. The summed E-state index contributed by atoms with van der Waals surface area (Å²) in [5.41, 5.74) is 8.77. The van der Waals surface area contributed by atoms with Crippen LogP contribution in [0.2, 0.25) is 0 Å². The molecule has 1 unspecified atom stereocenters. The monoisotopic (exact) mass is 247 g/mol. The molecule has 0 fully saturated rings. The predicted molar refractivity (Wildman–Crippen MR) is 69.6 cm³/mol. The van der Waals surface area contributed by atoms with Gasteiger partial charge in [0.05, 0.1) is 5.69 Å². The molecule has 0 bridgehead atoms. The smallest absolute Gasteiger partial charge is 0.123 e. The van der Waals surface area contributed by atoms with Crippen molar-refractivity contribution < 1.29 is 4.39 Å². The number of rotatable bonds is 3. The fraction of sp³-hybridized carbons (Fsp3) is 0.357. The van der Waals surface area contributed by atoms with Gasteiger partial charge in [0.1, 0.15) is 5.82 Å². The van der Waals surface area contributed by atoms with E-state index in [1.807, 2.05) is 31.6 Å². The summed E-state index contributed by atoms with van der Waals surface area (Å²) in [5, 5.41) is 4.30. The van der Waals surface area contributed by atoms with Crippen LogP contribution in [0.3, 0.4) is 0 Å². The summed E-state index contributed by atoms with van der Waals surface area (Å²) in [6.45, 7) is 3.90. The average molecular weight is 247 g/mol. The van der Waals surface area contributed by atoms with Crippen molar-refractivity contribution >= 4 is 0 Å². The lowest BCUT2D eigenvalue weighted by atomic mass is 9.88. The minimum absolute atomic E-state index is 0.245. The van der Waals surface area contributed by atoms with Crippen molar-refractivity contribution in [2.24, 2.45) is 12.8 Å². The normalized spacial score (nSPS) is 14.5. The first kappa shape index (κ1) is 12.8. The Bertz CT molecular complexity index is 541. The van der Waals surface area contributed by atoms with Gasteiger partial charge in [0, 0.05) is 24.7 Å². The average Bonchev–Trinajstić information content (AvgIpc) is 2.57. The van der Waals surface area contributed by atoms with Gasteiger partial charge in [0.25, 0.3) is 0 Å². The van der Waals surface area contributed by atoms with Gasteiger partial charge in [-0.15, -0.1) is 0 Å². The van der Waals surface area contributed by atoms with Gasteiger partial charge in [-0.1, -0.05) is 12.1 Å². The van der Waals surface area contributed by atoms with Crippen molar-refractivity contribution in [3.63, 3.8) is 0 Å². The van der Waals surface area contributed by atoms with Gasteiger partial charge in [0.15, 0.2) is 0 Å². The molecule has 2 aromatic rings. The molecule has 0 aliphatic heterocycles. The van der Waals surface area contributed by atoms with E-state index in [0.29, 0.717) is 6.42 Å². The van der Waals surface area contributed by atoms with E-state index in [2.05, 4.69) is 5.10 Å². The van der Waals surface area contributed by atoms with Crippen LogP contribution in [-0.4, -0.2) is 9.78 Å². The van der Waals surface area contributed by atoms with Gasteiger partial charge < -0.3 is 5.73 Å². The molecule has 1 aromatic carbocycles.